The Kier molecular flexibility index (Phi) is 5.67. The summed E-state index contributed by atoms with van der Waals surface area (Å²) in [6.07, 6.45) is 2.43. The van der Waals surface area contributed by atoms with E-state index in [-0.39, 0.29) is 5.78 Å². The second-order valence-electron chi connectivity index (χ2n) is 4.69. The van der Waals surface area contributed by atoms with Gasteiger partial charge >= 0.3 is 0 Å². The standard InChI is InChI=1S/C15H21ClO2/c1-5-12(7-6-11(3)17)13-9-14(16)10(2)8-15(13)18-4/h8-9,12H,5-7H2,1-4H3. The number of Topliss-reactive ketones (excluding diaryl/α,β-unsaturated/α-hetero) is 1. The Bertz CT molecular complexity index is 427. The van der Waals surface area contributed by atoms with E-state index in [2.05, 4.69) is 6.92 Å². The number of ether oxygens (including phenoxy) is 1. The molecule has 0 N–H and O–H groups in total. The summed E-state index contributed by atoms with van der Waals surface area (Å²) in [5.41, 5.74) is 2.12. The van der Waals surface area contributed by atoms with E-state index in [1.54, 1.807) is 14.0 Å². The summed E-state index contributed by atoms with van der Waals surface area (Å²) < 4.78 is 5.43. The van der Waals surface area contributed by atoms with Crippen molar-refractivity contribution in [1.29, 1.82) is 0 Å². The highest BCUT2D eigenvalue weighted by Crippen LogP contribution is 2.36. The number of methoxy groups -OCH3 is 1. The topological polar surface area (TPSA) is 26.3 Å². The Hall–Kier alpha value is -1.02. The Morgan fingerprint density at radius 1 is 1.44 bits per heavy atom. The summed E-state index contributed by atoms with van der Waals surface area (Å²) in [5, 5.41) is 0.757. The zero-order valence-electron chi connectivity index (χ0n) is 11.5. The first kappa shape index (κ1) is 15.0. The quantitative estimate of drug-likeness (QED) is 0.758. The SMILES string of the molecule is CCC(CCC(C)=O)c1cc(Cl)c(C)cc1OC. The Balaban J connectivity index is 3.03. The van der Waals surface area contributed by atoms with Crippen molar-refractivity contribution in [2.45, 2.75) is 46.0 Å². The fourth-order valence-electron chi connectivity index (χ4n) is 2.12. The van der Waals surface area contributed by atoms with E-state index in [9.17, 15) is 4.79 Å². The van der Waals surface area contributed by atoms with E-state index in [1.807, 2.05) is 19.1 Å². The largest absolute Gasteiger partial charge is 0.496 e. The number of carbonyl (C=O) groups is 1. The van der Waals surface area contributed by atoms with Gasteiger partial charge in [-0.25, -0.2) is 0 Å². The van der Waals surface area contributed by atoms with Gasteiger partial charge in [-0.2, -0.15) is 0 Å². The number of hydrogen-bond acceptors (Lipinski definition) is 2. The van der Waals surface area contributed by atoms with E-state index in [0.29, 0.717) is 12.3 Å². The fraction of sp³-hybridized carbons (Fsp3) is 0.533. The monoisotopic (exact) mass is 268 g/mol. The van der Waals surface area contributed by atoms with Crippen LogP contribution in [0.5, 0.6) is 5.75 Å². The van der Waals surface area contributed by atoms with E-state index < -0.39 is 0 Å². The van der Waals surface area contributed by atoms with E-state index in [1.165, 1.54) is 0 Å². The molecule has 0 fully saturated rings. The maximum Gasteiger partial charge on any atom is 0.129 e. The molecule has 0 heterocycles. The van der Waals surface area contributed by atoms with Crippen LogP contribution in [0, 0.1) is 6.92 Å². The first-order chi connectivity index (χ1) is 8.49. The van der Waals surface area contributed by atoms with Gasteiger partial charge in [0.25, 0.3) is 0 Å². The third kappa shape index (κ3) is 3.74. The summed E-state index contributed by atoms with van der Waals surface area (Å²) in [4.78, 5) is 11.1. The molecule has 1 aromatic rings. The van der Waals surface area contributed by atoms with Crippen LogP contribution < -0.4 is 4.74 Å². The van der Waals surface area contributed by atoms with Gasteiger partial charge in [-0.3, -0.25) is 0 Å². The van der Waals surface area contributed by atoms with Gasteiger partial charge in [0.15, 0.2) is 0 Å². The van der Waals surface area contributed by atoms with Crippen LogP contribution in [0.3, 0.4) is 0 Å². The van der Waals surface area contributed by atoms with Crippen molar-refractivity contribution in [3.63, 3.8) is 0 Å². The molecular weight excluding hydrogens is 248 g/mol. The van der Waals surface area contributed by atoms with Crippen molar-refractivity contribution in [3.8, 4) is 5.75 Å². The van der Waals surface area contributed by atoms with Gasteiger partial charge in [-0.05, 0) is 55.9 Å². The molecule has 1 aromatic carbocycles. The molecule has 3 heteroatoms. The maximum absolute atomic E-state index is 11.1. The summed E-state index contributed by atoms with van der Waals surface area (Å²) >= 11 is 6.18. The van der Waals surface area contributed by atoms with Crippen LogP contribution in [0.4, 0.5) is 0 Å². The number of halogens is 1. The third-order valence-corrected chi connectivity index (χ3v) is 3.70. The Morgan fingerprint density at radius 2 is 2.11 bits per heavy atom. The first-order valence-electron chi connectivity index (χ1n) is 6.33. The Labute approximate surface area is 114 Å². The molecule has 1 unspecified atom stereocenters. The van der Waals surface area contributed by atoms with Crippen LogP contribution in [0.1, 0.15) is 50.2 Å². The molecule has 0 spiro atoms. The number of benzene rings is 1. The highest BCUT2D eigenvalue weighted by molar-refractivity contribution is 6.31. The molecule has 0 saturated heterocycles. The zero-order chi connectivity index (χ0) is 13.7. The molecular formula is C15H21ClO2. The van der Waals surface area contributed by atoms with Crippen LogP contribution in [-0.2, 0) is 4.79 Å². The van der Waals surface area contributed by atoms with Crippen molar-refractivity contribution in [1.82, 2.24) is 0 Å². The number of hydrogen-bond donors (Lipinski definition) is 0. The highest BCUT2D eigenvalue weighted by Gasteiger charge is 2.16. The summed E-state index contributed by atoms with van der Waals surface area (Å²) in [6.45, 7) is 5.72. The predicted octanol–water partition coefficient (Wildman–Crippen LogP) is 4.52. The lowest BCUT2D eigenvalue weighted by Gasteiger charge is -2.19. The normalized spacial score (nSPS) is 12.3. The summed E-state index contributed by atoms with van der Waals surface area (Å²) in [5.74, 6) is 1.42. The van der Waals surface area contributed by atoms with Gasteiger partial charge in [0.1, 0.15) is 11.5 Å². The van der Waals surface area contributed by atoms with Crippen LogP contribution >= 0.6 is 11.6 Å². The minimum Gasteiger partial charge on any atom is -0.496 e. The van der Waals surface area contributed by atoms with Crippen LogP contribution in [-0.4, -0.2) is 12.9 Å². The van der Waals surface area contributed by atoms with Crippen molar-refractivity contribution in [3.05, 3.63) is 28.3 Å². The molecule has 0 aromatic heterocycles. The molecule has 1 rings (SSSR count). The fourth-order valence-corrected chi connectivity index (χ4v) is 2.30. The summed E-state index contributed by atoms with van der Waals surface area (Å²) in [6, 6.07) is 3.94. The average molecular weight is 269 g/mol. The molecule has 0 radical (unpaired) electrons. The second-order valence-corrected chi connectivity index (χ2v) is 5.10. The maximum atomic E-state index is 11.1. The molecule has 2 nitrogen and oxygen atoms in total. The van der Waals surface area contributed by atoms with Gasteiger partial charge in [0.2, 0.25) is 0 Å². The molecule has 0 aliphatic rings. The van der Waals surface area contributed by atoms with E-state index >= 15 is 0 Å². The Morgan fingerprint density at radius 3 is 2.61 bits per heavy atom. The number of aryl methyl sites for hydroxylation is 1. The van der Waals surface area contributed by atoms with Crippen molar-refractivity contribution in [2.24, 2.45) is 0 Å². The third-order valence-electron chi connectivity index (χ3n) is 3.29. The van der Waals surface area contributed by atoms with Gasteiger partial charge in [0, 0.05) is 11.4 Å². The molecule has 0 aliphatic heterocycles. The van der Waals surface area contributed by atoms with Gasteiger partial charge in [-0.1, -0.05) is 18.5 Å². The van der Waals surface area contributed by atoms with Crippen LogP contribution in [0.2, 0.25) is 5.02 Å². The first-order valence-corrected chi connectivity index (χ1v) is 6.70. The lowest BCUT2D eigenvalue weighted by atomic mass is 9.90. The molecule has 0 amide bonds. The average Bonchev–Trinajstić information content (AvgIpc) is 2.33. The molecule has 0 aliphatic carbocycles. The lowest BCUT2D eigenvalue weighted by molar-refractivity contribution is -0.117. The molecule has 0 saturated carbocycles. The lowest BCUT2D eigenvalue weighted by Crippen LogP contribution is -2.04. The highest BCUT2D eigenvalue weighted by atomic mass is 35.5. The molecule has 100 valence electrons. The number of ketones is 1. The van der Waals surface area contributed by atoms with E-state index in [0.717, 1.165) is 34.7 Å². The minimum absolute atomic E-state index is 0.227. The minimum atomic E-state index is 0.227. The molecule has 1 atom stereocenters. The summed E-state index contributed by atoms with van der Waals surface area (Å²) in [7, 11) is 1.67. The van der Waals surface area contributed by atoms with Crippen LogP contribution in [0.15, 0.2) is 12.1 Å². The predicted molar refractivity (Wildman–Crippen MR) is 75.7 cm³/mol. The van der Waals surface area contributed by atoms with E-state index in [4.69, 9.17) is 16.3 Å². The van der Waals surface area contributed by atoms with Crippen molar-refractivity contribution < 1.29 is 9.53 Å². The van der Waals surface area contributed by atoms with Crippen molar-refractivity contribution in [2.75, 3.05) is 7.11 Å². The molecule has 0 bridgehead atoms. The van der Waals surface area contributed by atoms with Crippen LogP contribution in [0.25, 0.3) is 0 Å². The second kappa shape index (κ2) is 6.79. The van der Waals surface area contributed by atoms with Gasteiger partial charge in [0.05, 0.1) is 7.11 Å². The molecule has 18 heavy (non-hydrogen) atoms. The van der Waals surface area contributed by atoms with Crippen molar-refractivity contribution >= 4 is 17.4 Å². The number of carbonyl (C=O) groups excluding carboxylic acids is 1. The smallest absolute Gasteiger partial charge is 0.129 e. The van der Waals surface area contributed by atoms with Gasteiger partial charge < -0.3 is 9.53 Å². The van der Waals surface area contributed by atoms with Gasteiger partial charge in [-0.15, -0.1) is 0 Å². The zero-order valence-corrected chi connectivity index (χ0v) is 12.3. The number of rotatable bonds is 6.